The number of nitrogens with two attached hydrogens (primary N) is 1. The molecule has 0 atom stereocenters. The highest BCUT2D eigenvalue weighted by atomic mass is 79.9. The van der Waals surface area contributed by atoms with Crippen molar-refractivity contribution in [3.05, 3.63) is 46.4 Å². The van der Waals surface area contributed by atoms with Crippen LogP contribution in [0.5, 0.6) is 0 Å². The molecule has 1 aromatic heterocycles. The summed E-state index contributed by atoms with van der Waals surface area (Å²) in [6.45, 7) is 2.03. The monoisotopic (exact) mass is 302 g/mol. The first-order valence-corrected chi connectivity index (χ1v) is 6.36. The molecular formula is C14H11BrN2O. The molecule has 4 heteroatoms. The minimum Gasteiger partial charge on any atom is -0.436 e. The molecule has 2 N–H and O–H groups in total. The summed E-state index contributed by atoms with van der Waals surface area (Å²) in [5.74, 6) is 0.582. The van der Waals surface area contributed by atoms with Crippen molar-refractivity contribution in [1.29, 1.82) is 0 Å². The van der Waals surface area contributed by atoms with E-state index in [1.54, 1.807) is 0 Å². The van der Waals surface area contributed by atoms with Crippen LogP contribution in [-0.4, -0.2) is 4.98 Å². The average Bonchev–Trinajstić information content (AvgIpc) is 2.77. The van der Waals surface area contributed by atoms with Gasteiger partial charge in [0.05, 0.1) is 11.3 Å². The number of nitrogens with zero attached hydrogens (tertiary/aromatic N) is 1. The highest BCUT2D eigenvalue weighted by molar-refractivity contribution is 9.10. The van der Waals surface area contributed by atoms with Gasteiger partial charge in [-0.1, -0.05) is 17.7 Å². The van der Waals surface area contributed by atoms with E-state index in [-0.39, 0.29) is 0 Å². The molecule has 0 aliphatic heterocycles. The van der Waals surface area contributed by atoms with Crippen LogP contribution in [0.15, 0.2) is 45.3 Å². The number of benzene rings is 2. The number of aryl methyl sites for hydroxylation is 1. The minimum atomic E-state index is 0.582. The summed E-state index contributed by atoms with van der Waals surface area (Å²) in [7, 11) is 0. The first-order chi connectivity index (χ1) is 8.65. The highest BCUT2D eigenvalue weighted by Gasteiger charge is 2.12. The van der Waals surface area contributed by atoms with Gasteiger partial charge in [-0.25, -0.2) is 4.98 Å². The first kappa shape index (κ1) is 11.3. The number of anilines is 1. The van der Waals surface area contributed by atoms with Crippen molar-refractivity contribution in [3.63, 3.8) is 0 Å². The van der Waals surface area contributed by atoms with Crippen molar-refractivity contribution < 1.29 is 4.42 Å². The van der Waals surface area contributed by atoms with Crippen molar-refractivity contribution in [2.45, 2.75) is 6.92 Å². The Bertz CT molecular complexity index is 734. The molecule has 1 heterocycles. The maximum Gasteiger partial charge on any atom is 0.228 e. The number of hydrogen-bond donors (Lipinski definition) is 1. The largest absolute Gasteiger partial charge is 0.436 e. The lowest BCUT2D eigenvalue weighted by Gasteiger charge is -2.00. The number of aromatic nitrogens is 1. The summed E-state index contributed by atoms with van der Waals surface area (Å²) in [4.78, 5) is 4.46. The number of nitrogen functional groups attached to an aromatic ring is 1. The van der Waals surface area contributed by atoms with E-state index in [1.165, 1.54) is 0 Å². The normalized spacial score (nSPS) is 11.0. The van der Waals surface area contributed by atoms with Gasteiger partial charge < -0.3 is 10.2 Å². The van der Waals surface area contributed by atoms with Gasteiger partial charge >= 0.3 is 0 Å². The Morgan fingerprint density at radius 2 is 2.06 bits per heavy atom. The molecular weight excluding hydrogens is 292 g/mol. The van der Waals surface area contributed by atoms with Gasteiger partial charge in [-0.15, -0.1) is 0 Å². The molecule has 0 unspecified atom stereocenters. The fraction of sp³-hybridized carbons (Fsp3) is 0.0714. The standard InChI is InChI=1S/C14H11BrN2O/c1-8-5-6-10(15)9(7-8)14-17-13-11(16)3-2-4-12(13)18-14/h2-7H,16H2,1H3. The third-order valence-corrected chi connectivity index (χ3v) is 3.49. The lowest BCUT2D eigenvalue weighted by atomic mass is 10.1. The summed E-state index contributed by atoms with van der Waals surface area (Å²) in [6.07, 6.45) is 0. The number of rotatable bonds is 1. The van der Waals surface area contributed by atoms with Gasteiger partial charge in [-0.2, -0.15) is 0 Å². The second-order valence-corrected chi connectivity index (χ2v) is 5.05. The minimum absolute atomic E-state index is 0.582. The zero-order valence-corrected chi connectivity index (χ0v) is 11.4. The van der Waals surface area contributed by atoms with E-state index >= 15 is 0 Å². The van der Waals surface area contributed by atoms with Gasteiger partial charge in [0, 0.05) is 4.47 Å². The molecule has 2 aromatic carbocycles. The zero-order valence-electron chi connectivity index (χ0n) is 9.77. The van der Waals surface area contributed by atoms with E-state index in [2.05, 4.69) is 20.9 Å². The smallest absolute Gasteiger partial charge is 0.228 e. The Morgan fingerprint density at radius 1 is 1.22 bits per heavy atom. The quantitative estimate of drug-likeness (QED) is 0.687. The molecule has 3 nitrogen and oxygen atoms in total. The molecule has 3 rings (SSSR count). The number of para-hydroxylation sites is 1. The predicted molar refractivity (Wildman–Crippen MR) is 76.3 cm³/mol. The molecule has 90 valence electrons. The molecule has 0 aliphatic rings. The molecule has 0 bridgehead atoms. The molecule has 0 amide bonds. The molecule has 0 saturated carbocycles. The SMILES string of the molecule is Cc1ccc(Br)c(-c2nc3c(N)cccc3o2)c1. The third kappa shape index (κ3) is 1.78. The van der Waals surface area contributed by atoms with E-state index in [4.69, 9.17) is 10.2 Å². The number of hydrogen-bond acceptors (Lipinski definition) is 3. The third-order valence-electron chi connectivity index (χ3n) is 2.80. The Balaban J connectivity index is 2.26. The lowest BCUT2D eigenvalue weighted by molar-refractivity contribution is 0.619. The van der Waals surface area contributed by atoms with Crippen LogP contribution in [0.3, 0.4) is 0 Å². The fourth-order valence-electron chi connectivity index (χ4n) is 1.89. The van der Waals surface area contributed by atoms with Gasteiger partial charge in [0.15, 0.2) is 5.58 Å². The van der Waals surface area contributed by atoms with E-state index in [0.29, 0.717) is 22.7 Å². The Hall–Kier alpha value is -1.81. The molecule has 0 fully saturated rings. The molecule has 0 radical (unpaired) electrons. The van der Waals surface area contributed by atoms with E-state index in [1.807, 2.05) is 43.3 Å². The van der Waals surface area contributed by atoms with Gasteiger partial charge in [0.1, 0.15) is 5.52 Å². The second kappa shape index (κ2) is 4.14. The summed E-state index contributed by atoms with van der Waals surface area (Å²) in [6, 6.07) is 11.6. The van der Waals surface area contributed by atoms with Crippen molar-refractivity contribution >= 4 is 32.7 Å². The van der Waals surface area contributed by atoms with Gasteiger partial charge in [-0.3, -0.25) is 0 Å². The maximum atomic E-state index is 5.88. The van der Waals surface area contributed by atoms with Crippen LogP contribution in [0.25, 0.3) is 22.6 Å². The van der Waals surface area contributed by atoms with Gasteiger partial charge in [0.2, 0.25) is 5.89 Å². The summed E-state index contributed by atoms with van der Waals surface area (Å²) < 4.78 is 6.71. The van der Waals surface area contributed by atoms with E-state index in [9.17, 15) is 0 Å². The molecule has 0 aliphatic carbocycles. The van der Waals surface area contributed by atoms with Gasteiger partial charge in [0.25, 0.3) is 0 Å². The fourth-order valence-corrected chi connectivity index (χ4v) is 2.30. The summed E-state index contributed by atoms with van der Waals surface area (Å²) in [5, 5.41) is 0. The molecule has 18 heavy (non-hydrogen) atoms. The first-order valence-electron chi connectivity index (χ1n) is 5.57. The van der Waals surface area contributed by atoms with Crippen LogP contribution in [0.1, 0.15) is 5.56 Å². The van der Waals surface area contributed by atoms with Crippen LogP contribution in [-0.2, 0) is 0 Å². The van der Waals surface area contributed by atoms with Crippen LogP contribution >= 0.6 is 15.9 Å². The van der Waals surface area contributed by atoms with E-state index in [0.717, 1.165) is 15.6 Å². The molecule has 0 saturated heterocycles. The predicted octanol–water partition coefficient (Wildman–Crippen LogP) is 4.15. The van der Waals surface area contributed by atoms with Crippen molar-refractivity contribution in [1.82, 2.24) is 4.98 Å². The van der Waals surface area contributed by atoms with Crippen molar-refractivity contribution in [3.8, 4) is 11.5 Å². The average molecular weight is 303 g/mol. The van der Waals surface area contributed by atoms with Crippen molar-refractivity contribution in [2.24, 2.45) is 0 Å². The number of fused-ring (bicyclic) bond motifs is 1. The van der Waals surface area contributed by atoms with Crippen LogP contribution in [0.2, 0.25) is 0 Å². The number of halogens is 1. The summed E-state index contributed by atoms with van der Waals surface area (Å²) in [5.41, 5.74) is 10.0. The second-order valence-electron chi connectivity index (χ2n) is 4.20. The van der Waals surface area contributed by atoms with Gasteiger partial charge in [-0.05, 0) is 47.1 Å². The Labute approximate surface area is 113 Å². The maximum absolute atomic E-state index is 5.88. The zero-order chi connectivity index (χ0) is 12.7. The van der Waals surface area contributed by atoms with Crippen LogP contribution in [0, 0.1) is 6.92 Å². The van der Waals surface area contributed by atoms with E-state index < -0.39 is 0 Å². The summed E-state index contributed by atoms with van der Waals surface area (Å²) >= 11 is 3.51. The molecule has 0 spiro atoms. The lowest BCUT2D eigenvalue weighted by Crippen LogP contribution is -1.85. The van der Waals surface area contributed by atoms with Crippen LogP contribution < -0.4 is 5.73 Å². The Kier molecular flexibility index (Phi) is 2.59. The van der Waals surface area contributed by atoms with Crippen molar-refractivity contribution in [2.75, 3.05) is 5.73 Å². The van der Waals surface area contributed by atoms with Crippen LogP contribution in [0.4, 0.5) is 5.69 Å². The number of oxazole rings is 1. The topological polar surface area (TPSA) is 52.0 Å². The molecule has 3 aromatic rings. The Morgan fingerprint density at radius 3 is 2.83 bits per heavy atom. The highest BCUT2D eigenvalue weighted by Crippen LogP contribution is 2.32.